The second-order valence-corrected chi connectivity index (χ2v) is 28.6. The minimum Gasteiger partial charge on any atom is -0.508 e. The molecule has 40 nitrogen and oxygen atoms in total. The van der Waals surface area contributed by atoms with E-state index in [0.717, 1.165) is 17.8 Å². The molecule has 1 aromatic heterocycles. The van der Waals surface area contributed by atoms with Crippen LogP contribution >= 0.6 is 0 Å². The van der Waals surface area contributed by atoms with Crippen LogP contribution in [0.2, 0.25) is 0 Å². The first-order valence-corrected chi connectivity index (χ1v) is 36.4. The van der Waals surface area contributed by atoms with Crippen LogP contribution in [0, 0.1) is 23.7 Å². The van der Waals surface area contributed by atoms with E-state index in [4.69, 9.17) is 17.2 Å². The van der Waals surface area contributed by atoms with E-state index in [1.165, 1.54) is 38.1 Å². The zero-order chi connectivity index (χ0) is 84.4. The standard InChI is InChI=1S/C72H109N17O23/c1-34(2)22-43(74)61(100)80-49(26-40-30-76-44-15-11-10-14-42(40)44)62(101)77-31-56(94)78-38(9)60(99)87-53(32-90)69(108)85-52(29-58(97)98)67(106)88-54(33-91)70(109)83-50(27-55(75)93)68(107)89-59(37(7)8)71(110)86-48(25-39-17-19-41(92)20-18-39)65(104)84-51(28-57(95)96)66(105)82-47(24-36(5)6)64(103)81-46(23-35(3)4)63(102)79-45(72(111)112)16-12-13-21-73/h10-11,14-15,17-20,30,34-38,43,45-54,59,76,90-92H,12-13,16,21-29,31-33,73-74H2,1-9H3,(H2,75,93)(H,77,101)(H,78,94)(H,79,102)(H,80,100)(H,81,103)(H,82,105)(H,83,109)(H,84,104)(H,85,108)(H,86,110)(H,87,99)(H,88,106)(H,89,107)(H,95,96)(H,97,98)(H,111,112)/t38-,43-,45-,46-,47-,48-,49-,50-,51-,52-,53-,54-,59-/m0/s1. The number of phenols is 1. The molecule has 3 rings (SSSR count). The molecule has 13 atom stereocenters. The van der Waals surface area contributed by atoms with Crippen molar-refractivity contribution in [3.8, 4) is 5.75 Å². The highest BCUT2D eigenvalue weighted by Gasteiger charge is 2.39. The summed E-state index contributed by atoms with van der Waals surface area (Å²) >= 11 is 0. The Kier molecular flexibility index (Phi) is 39.8. The number of hydrogen-bond donors (Lipinski definition) is 23. The number of carboxylic acid groups (broad SMARTS) is 3. The lowest BCUT2D eigenvalue weighted by molar-refractivity contribution is -0.143. The molecule has 1 heterocycles. The smallest absolute Gasteiger partial charge is 0.326 e. The van der Waals surface area contributed by atoms with Gasteiger partial charge in [-0.25, -0.2) is 4.79 Å². The van der Waals surface area contributed by atoms with Gasteiger partial charge in [0.1, 0.15) is 78.3 Å². The number of aliphatic hydroxyl groups excluding tert-OH is 2. The molecule has 0 aliphatic rings. The summed E-state index contributed by atoms with van der Waals surface area (Å²) in [6, 6.07) is -9.39. The maximum Gasteiger partial charge on any atom is 0.326 e. The Balaban J connectivity index is 1.80. The van der Waals surface area contributed by atoms with E-state index in [0.29, 0.717) is 24.8 Å². The number of carbonyl (C=O) groups excluding carboxylic acids is 14. The van der Waals surface area contributed by atoms with Crippen LogP contribution in [0.3, 0.4) is 0 Å². The summed E-state index contributed by atoms with van der Waals surface area (Å²) in [5, 5.41) is 91.1. The third-order valence-electron chi connectivity index (χ3n) is 17.2. The van der Waals surface area contributed by atoms with Crippen LogP contribution in [0.25, 0.3) is 10.9 Å². The molecule has 0 aliphatic carbocycles. The minimum absolute atomic E-state index is 0.00790. The van der Waals surface area contributed by atoms with Crippen molar-refractivity contribution in [1.82, 2.24) is 74.1 Å². The SMILES string of the molecule is CC(C)C[C@H](NC(=O)[C@H](CC(C)C)NC(=O)[C@H](CC(=O)O)NC(=O)[C@H](Cc1ccc(O)cc1)NC(=O)[C@@H](NC(=O)[C@H](CC(N)=O)NC(=O)[C@H](CO)NC(=O)[C@H](CC(=O)O)NC(=O)[C@H](CO)NC(=O)[C@H](C)NC(=O)CNC(=O)[C@H](Cc1c[nH]c2ccccc12)NC(=O)[C@@H](N)CC(C)C)C(C)C)C(=O)N[C@@H](CCCCN)C(=O)O. The highest BCUT2D eigenvalue weighted by Crippen LogP contribution is 2.21. The fourth-order valence-corrected chi connectivity index (χ4v) is 11.3. The molecule has 0 radical (unpaired) electrons. The maximum atomic E-state index is 14.5. The van der Waals surface area contributed by atoms with Gasteiger partial charge >= 0.3 is 17.9 Å². The number of unbranched alkanes of at least 4 members (excludes halogenated alkanes) is 1. The number of primary amides is 1. The van der Waals surface area contributed by atoms with Gasteiger partial charge in [0.25, 0.3) is 0 Å². The van der Waals surface area contributed by atoms with E-state index in [1.807, 2.05) is 24.5 Å². The van der Waals surface area contributed by atoms with Gasteiger partial charge in [-0.3, -0.25) is 76.7 Å². The average molecular weight is 1580 g/mol. The molecule has 0 saturated heterocycles. The largest absolute Gasteiger partial charge is 0.508 e. The van der Waals surface area contributed by atoms with E-state index in [9.17, 15) is 112 Å². The lowest BCUT2D eigenvalue weighted by Gasteiger charge is -2.29. The van der Waals surface area contributed by atoms with Crippen molar-refractivity contribution in [1.29, 1.82) is 0 Å². The molecule has 620 valence electrons. The summed E-state index contributed by atoms with van der Waals surface area (Å²) in [5.74, 6) is -22.2. The van der Waals surface area contributed by atoms with Crippen molar-refractivity contribution in [3.63, 3.8) is 0 Å². The predicted octanol–water partition coefficient (Wildman–Crippen LogP) is -5.24. The molecule has 0 unspecified atom stereocenters. The average Bonchev–Trinajstić information content (AvgIpc) is 1.67. The van der Waals surface area contributed by atoms with Gasteiger partial charge in [0.15, 0.2) is 0 Å². The van der Waals surface area contributed by atoms with Crippen LogP contribution < -0.4 is 86.3 Å². The van der Waals surface area contributed by atoms with Crippen molar-refractivity contribution in [2.45, 2.75) is 211 Å². The normalized spacial score (nSPS) is 14.8. The van der Waals surface area contributed by atoms with Crippen LogP contribution in [0.15, 0.2) is 54.7 Å². The summed E-state index contributed by atoms with van der Waals surface area (Å²) in [4.78, 5) is 231. The Morgan fingerprint density at radius 3 is 1.33 bits per heavy atom. The molecule has 26 N–H and O–H groups in total. The number of nitrogens with one attached hydrogen (secondary N) is 14. The Morgan fingerprint density at radius 2 is 0.857 bits per heavy atom. The lowest BCUT2D eigenvalue weighted by Crippen LogP contribution is -2.62. The number of nitrogens with two attached hydrogens (primary N) is 3. The number of phenolic OH excluding ortho intramolecular Hbond substituents is 1. The number of hydrogen-bond acceptors (Lipinski definition) is 22. The third kappa shape index (κ3) is 33.0. The van der Waals surface area contributed by atoms with Gasteiger partial charge in [-0.05, 0) is 105 Å². The van der Waals surface area contributed by atoms with Crippen molar-refractivity contribution in [2.75, 3.05) is 26.3 Å². The zero-order valence-electron chi connectivity index (χ0n) is 64.0. The maximum absolute atomic E-state index is 14.5. The molecule has 0 bridgehead atoms. The first kappa shape index (κ1) is 94.8. The summed E-state index contributed by atoms with van der Waals surface area (Å²) in [7, 11) is 0. The number of aromatic nitrogens is 1. The topological polar surface area (TPSA) is 662 Å². The van der Waals surface area contributed by atoms with Gasteiger partial charge in [-0.15, -0.1) is 0 Å². The Bertz CT molecular complexity index is 3780. The fourth-order valence-electron chi connectivity index (χ4n) is 11.3. The molecule has 0 spiro atoms. The van der Waals surface area contributed by atoms with Gasteiger partial charge in [0, 0.05) is 29.9 Å². The van der Waals surface area contributed by atoms with Crippen molar-refractivity contribution < 1.29 is 112 Å². The van der Waals surface area contributed by atoms with Crippen LogP contribution in [0.5, 0.6) is 5.75 Å². The first-order valence-electron chi connectivity index (χ1n) is 36.4. The quantitative estimate of drug-likeness (QED) is 0.0235. The molecule has 112 heavy (non-hydrogen) atoms. The number of aromatic hydroxyl groups is 1. The zero-order valence-corrected chi connectivity index (χ0v) is 64.0. The van der Waals surface area contributed by atoms with Gasteiger partial charge in [0.2, 0.25) is 82.7 Å². The number of carbonyl (C=O) groups is 17. The lowest BCUT2D eigenvalue weighted by atomic mass is 9.99. The van der Waals surface area contributed by atoms with Crippen LogP contribution in [0.4, 0.5) is 0 Å². The van der Waals surface area contributed by atoms with Gasteiger partial charge in [-0.1, -0.05) is 85.7 Å². The number of aromatic amines is 1. The monoisotopic (exact) mass is 1580 g/mol. The Hall–Kier alpha value is -11.4. The number of fused-ring (bicyclic) bond motifs is 1. The van der Waals surface area contributed by atoms with E-state index >= 15 is 0 Å². The van der Waals surface area contributed by atoms with E-state index in [-0.39, 0.29) is 61.3 Å². The van der Waals surface area contributed by atoms with E-state index < -0.39 is 231 Å². The van der Waals surface area contributed by atoms with Gasteiger partial charge in [-0.2, -0.15) is 0 Å². The Morgan fingerprint density at radius 1 is 0.438 bits per heavy atom. The number of carboxylic acids is 3. The summed E-state index contributed by atoms with van der Waals surface area (Å²) in [6.45, 7) is 11.5. The number of para-hydroxylation sites is 1. The van der Waals surface area contributed by atoms with Crippen LogP contribution in [-0.2, 0) is 94.3 Å². The molecular formula is C72H109N17O23. The van der Waals surface area contributed by atoms with Crippen molar-refractivity contribution in [2.24, 2.45) is 40.9 Å². The predicted molar refractivity (Wildman–Crippen MR) is 400 cm³/mol. The summed E-state index contributed by atoms with van der Waals surface area (Å²) in [5.41, 5.74) is 18.8. The second-order valence-electron chi connectivity index (χ2n) is 28.6. The number of rotatable bonds is 50. The summed E-state index contributed by atoms with van der Waals surface area (Å²) in [6.07, 6.45) is -1.19. The number of aliphatic carboxylic acids is 3. The molecule has 0 saturated carbocycles. The van der Waals surface area contributed by atoms with E-state index in [2.05, 4.69) is 63.5 Å². The molecule has 14 amide bonds. The third-order valence-corrected chi connectivity index (χ3v) is 17.2. The summed E-state index contributed by atoms with van der Waals surface area (Å²) < 4.78 is 0. The van der Waals surface area contributed by atoms with E-state index in [1.54, 1.807) is 58.2 Å². The van der Waals surface area contributed by atoms with Crippen LogP contribution in [0.1, 0.15) is 131 Å². The number of H-pyrrole nitrogens is 1. The first-order chi connectivity index (χ1) is 52.6. The van der Waals surface area contributed by atoms with Gasteiger partial charge < -0.3 is 122 Å². The molecule has 3 aromatic rings. The highest BCUT2D eigenvalue weighted by molar-refractivity contribution is 6.02. The number of aliphatic hydroxyl groups is 2. The molecular weight excluding hydrogens is 1470 g/mol. The number of amides is 14. The highest BCUT2D eigenvalue weighted by atomic mass is 16.4. The van der Waals surface area contributed by atoms with Crippen molar-refractivity contribution in [3.05, 3.63) is 65.9 Å². The number of benzene rings is 2. The Labute approximate surface area is 645 Å². The minimum atomic E-state index is -2.17. The molecule has 0 fully saturated rings. The van der Waals surface area contributed by atoms with Crippen LogP contribution in [-0.4, -0.2) is 241 Å². The second kappa shape index (κ2) is 47.0. The van der Waals surface area contributed by atoms with Crippen molar-refractivity contribution >= 4 is 112 Å². The molecule has 0 aliphatic heterocycles. The molecule has 40 heteroatoms. The fraction of sp³-hybridized carbons (Fsp3) is 0.569. The molecule has 2 aromatic carbocycles. The van der Waals surface area contributed by atoms with Gasteiger partial charge in [0.05, 0.1) is 45.1 Å².